The second-order valence-electron chi connectivity index (χ2n) is 0.954. The van der Waals surface area contributed by atoms with E-state index in [1.807, 2.05) is 11.5 Å². The molecule has 0 saturated heterocycles. The Bertz CT molecular complexity index is 97.0. The fraction of sp³-hybridized carbons (Fsp3) is 0.333. The number of nitrogens with one attached hydrogen (secondary N) is 1. The van der Waals surface area contributed by atoms with E-state index in [0.29, 0.717) is 0 Å². The molecule has 3 heteroatoms. The Hall–Kier alpha value is 0.240. The molecule has 0 amide bonds. The van der Waals surface area contributed by atoms with Gasteiger partial charge in [0.2, 0.25) is 0 Å². The zero-order chi connectivity index (χ0) is 4.41. The van der Waals surface area contributed by atoms with Crippen LogP contribution >= 0.6 is 10.8 Å². The molecule has 0 aromatic heterocycles. The normalized spacial score (nSPS) is 31.7. The highest BCUT2D eigenvalue weighted by Gasteiger charge is 1.92. The Kier molecular flexibility index (Phi) is 1.32. The molecule has 1 aliphatic rings. The fourth-order valence-corrected chi connectivity index (χ4v) is 2.22. The summed E-state index contributed by atoms with van der Waals surface area (Å²) in [6.07, 6.45) is 2.04. The predicted octanol–water partition coefficient (Wildman–Crippen LogP) is 1.54. The second kappa shape index (κ2) is 1.80. The van der Waals surface area contributed by atoms with Crippen molar-refractivity contribution < 1.29 is 0 Å². The van der Waals surface area contributed by atoms with E-state index in [-0.39, 0.29) is 9.72 Å². The third-order valence-electron chi connectivity index (χ3n) is 0.511. The summed E-state index contributed by atoms with van der Waals surface area (Å²) in [5.41, 5.74) is 0. The summed E-state index contributed by atoms with van der Waals surface area (Å²) in [5.74, 6) is 1.05. The predicted molar refractivity (Wildman–Crippen MR) is 31.7 cm³/mol. The van der Waals surface area contributed by atoms with Crippen molar-refractivity contribution in [3.8, 4) is 0 Å². The van der Waals surface area contributed by atoms with Crippen LogP contribution < -0.4 is 0 Å². The number of hydrogen-bond acceptors (Lipinski definition) is 2. The van der Waals surface area contributed by atoms with E-state index < -0.39 is 0 Å². The van der Waals surface area contributed by atoms with Crippen LogP contribution in [0.3, 0.4) is 0 Å². The molecular weight excluding hydrogens is 114 g/mol. The Morgan fingerprint density at radius 1 is 1.83 bits per heavy atom. The van der Waals surface area contributed by atoms with E-state index in [2.05, 4.69) is 0 Å². The van der Waals surface area contributed by atoms with Crippen molar-refractivity contribution in [1.82, 2.24) is 0 Å². The highest BCUT2D eigenvalue weighted by atomic mass is 33.1. The summed E-state index contributed by atoms with van der Waals surface area (Å²) < 4.78 is 7.04. The molecule has 0 aliphatic carbocycles. The summed E-state index contributed by atoms with van der Waals surface area (Å²) in [7, 11) is 1.49. The Morgan fingerprint density at radius 3 is 2.83 bits per heavy atom. The summed E-state index contributed by atoms with van der Waals surface area (Å²) in [6, 6.07) is 0. The lowest BCUT2D eigenvalue weighted by atomic mass is 10.8. The van der Waals surface area contributed by atoms with Crippen LogP contribution in [0, 0.1) is 4.78 Å². The van der Waals surface area contributed by atoms with Gasteiger partial charge in [0.25, 0.3) is 0 Å². The molecule has 1 nitrogen and oxygen atoms in total. The summed E-state index contributed by atoms with van der Waals surface area (Å²) in [4.78, 5) is 0. The van der Waals surface area contributed by atoms with E-state index in [0.717, 1.165) is 5.75 Å². The first kappa shape index (κ1) is 4.40. The molecular formula is C3H5NS2. The zero-order valence-corrected chi connectivity index (χ0v) is 4.81. The van der Waals surface area contributed by atoms with Crippen molar-refractivity contribution in [2.24, 2.45) is 0 Å². The van der Waals surface area contributed by atoms with Gasteiger partial charge in [-0.2, -0.15) is 0 Å². The van der Waals surface area contributed by atoms with Gasteiger partial charge in [-0.25, -0.2) is 0 Å². The molecule has 1 aliphatic heterocycles. The zero-order valence-electron chi connectivity index (χ0n) is 3.18. The van der Waals surface area contributed by atoms with Crippen LogP contribution in [-0.2, 0) is 9.72 Å². The van der Waals surface area contributed by atoms with E-state index >= 15 is 0 Å². The van der Waals surface area contributed by atoms with Crippen LogP contribution in [0.15, 0.2) is 11.5 Å². The van der Waals surface area contributed by atoms with Crippen LogP contribution in [0.25, 0.3) is 0 Å². The largest absolute Gasteiger partial charge is 0.266 e. The van der Waals surface area contributed by atoms with Gasteiger partial charge >= 0.3 is 0 Å². The highest BCUT2D eigenvalue weighted by molar-refractivity contribution is 8.71. The molecule has 1 atom stereocenters. The number of hydrogen-bond donors (Lipinski definition) is 1. The van der Waals surface area contributed by atoms with Crippen LogP contribution in [0.5, 0.6) is 0 Å². The maximum absolute atomic E-state index is 7.04. The van der Waals surface area contributed by atoms with Gasteiger partial charge in [-0.3, -0.25) is 4.78 Å². The molecule has 0 aromatic rings. The first-order chi connectivity index (χ1) is 2.89. The average molecular weight is 119 g/mol. The second-order valence-corrected chi connectivity index (χ2v) is 4.17. The molecule has 0 aromatic carbocycles. The Labute approximate surface area is 43.1 Å². The first-order valence-electron chi connectivity index (χ1n) is 1.64. The van der Waals surface area contributed by atoms with Gasteiger partial charge < -0.3 is 0 Å². The van der Waals surface area contributed by atoms with Crippen molar-refractivity contribution in [3.05, 3.63) is 11.5 Å². The molecule has 1 unspecified atom stereocenters. The van der Waals surface area contributed by atoms with Gasteiger partial charge in [-0.05, 0) is 15.1 Å². The molecule has 0 radical (unpaired) electrons. The summed E-state index contributed by atoms with van der Waals surface area (Å²) >= 11 is 0. The van der Waals surface area contributed by atoms with E-state index in [1.165, 1.54) is 0 Å². The maximum Gasteiger partial charge on any atom is 0.0238 e. The highest BCUT2D eigenvalue weighted by Crippen LogP contribution is 2.15. The van der Waals surface area contributed by atoms with Gasteiger partial charge in [-0.1, -0.05) is 16.9 Å². The van der Waals surface area contributed by atoms with Gasteiger partial charge in [0.05, 0.1) is 0 Å². The lowest BCUT2D eigenvalue weighted by Crippen LogP contribution is -1.57. The molecule has 0 bridgehead atoms. The van der Waals surface area contributed by atoms with E-state index in [1.54, 1.807) is 10.8 Å². The van der Waals surface area contributed by atoms with Crippen LogP contribution in [-0.4, -0.2) is 5.75 Å². The van der Waals surface area contributed by atoms with E-state index in [4.69, 9.17) is 4.78 Å². The van der Waals surface area contributed by atoms with Crippen molar-refractivity contribution in [1.29, 1.82) is 4.78 Å². The lowest BCUT2D eigenvalue weighted by molar-refractivity contribution is 1.66. The van der Waals surface area contributed by atoms with Crippen molar-refractivity contribution in [2.75, 3.05) is 5.75 Å². The minimum atomic E-state index is -0.187. The monoisotopic (exact) mass is 119 g/mol. The third kappa shape index (κ3) is 0.849. The molecule has 0 saturated carbocycles. The standard InChI is InChI=1S/C3H5NS2/c4-6-3-1-2-5-6/h1,3-4H,2H2. The molecule has 1 heterocycles. The minimum absolute atomic E-state index is 0.187. The van der Waals surface area contributed by atoms with Crippen LogP contribution in [0.4, 0.5) is 0 Å². The van der Waals surface area contributed by atoms with Gasteiger partial charge in [0.1, 0.15) is 0 Å². The summed E-state index contributed by atoms with van der Waals surface area (Å²) in [5, 5.41) is 1.94. The smallest absolute Gasteiger partial charge is 0.0238 e. The van der Waals surface area contributed by atoms with Gasteiger partial charge in [0, 0.05) is 5.75 Å². The molecule has 6 heavy (non-hydrogen) atoms. The molecule has 1 N–H and O–H groups in total. The quantitative estimate of drug-likeness (QED) is 0.480. The SMILES string of the molecule is N=S1C=CCS1. The van der Waals surface area contributed by atoms with Gasteiger partial charge in [0.15, 0.2) is 0 Å². The number of rotatable bonds is 0. The van der Waals surface area contributed by atoms with Crippen LogP contribution in [0.2, 0.25) is 0 Å². The maximum atomic E-state index is 7.04. The first-order valence-corrected chi connectivity index (χ1v) is 4.43. The van der Waals surface area contributed by atoms with Gasteiger partial charge in [-0.15, -0.1) is 0 Å². The van der Waals surface area contributed by atoms with E-state index in [9.17, 15) is 0 Å². The summed E-state index contributed by atoms with van der Waals surface area (Å²) in [6.45, 7) is 0. The molecule has 0 spiro atoms. The molecule has 1 rings (SSSR count). The Morgan fingerprint density at radius 2 is 2.67 bits per heavy atom. The molecule has 34 valence electrons. The topological polar surface area (TPSA) is 23.9 Å². The van der Waals surface area contributed by atoms with Crippen molar-refractivity contribution in [3.63, 3.8) is 0 Å². The Balaban J connectivity index is 2.59. The minimum Gasteiger partial charge on any atom is -0.266 e. The average Bonchev–Trinajstić information content (AvgIpc) is 1.86. The fourth-order valence-electron chi connectivity index (χ4n) is 0.279. The van der Waals surface area contributed by atoms with Crippen LogP contribution in [0.1, 0.15) is 0 Å². The van der Waals surface area contributed by atoms with Crippen molar-refractivity contribution in [2.45, 2.75) is 0 Å². The van der Waals surface area contributed by atoms with Crippen molar-refractivity contribution >= 4 is 20.5 Å². The third-order valence-corrected chi connectivity index (χ3v) is 3.04. The molecule has 0 fully saturated rings. The lowest BCUT2D eigenvalue weighted by Gasteiger charge is -1.79.